The van der Waals surface area contributed by atoms with Crippen molar-refractivity contribution < 1.29 is 17.6 Å². The molecule has 1 aromatic heterocycles. The SMILES string of the molecule is O=C(NCCC1CCC1)c1cc(S(=O)(=O)Cl)c(Br)o1. The third-order valence-corrected chi connectivity index (χ3v) is 5.38. The zero-order valence-electron chi connectivity index (χ0n) is 9.99. The highest BCUT2D eigenvalue weighted by Crippen LogP contribution is 2.30. The molecule has 5 nitrogen and oxygen atoms in total. The molecule has 0 bridgehead atoms. The van der Waals surface area contributed by atoms with Crippen molar-refractivity contribution in [1.82, 2.24) is 5.32 Å². The Bertz CT molecular complexity index is 580. The van der Waals surface area contributed by atoms with Crippen LogP contribution in [0.25, 0.3) is 0 Å². The van der Waals surface area contributed by atoms with Crippen LogP contribution in [-0.2, 0) is 9.05 Å². The fraction of sp³-hybridized carbons (Fsp3) is 0.545. The summed E-state index contributed by atoms with van der Waals surface area (Å²) in [6, 6.07) is 1.12. The Morgan fingerprint density at radius 3 is 2.68 bits per heavy atom. The molecule has 0 atom stereocenters. The average Bonchev–Trinajstić information content (AvgIpc) is 2.63. The van der Waals surface area contributed by atoms with Gasteiger partial charge >= 0.3 is 0 Å². The average molecular weight is 371 g/mol. The summed E-state index contributed by atoms with van der Waals surface area (Å²) in [5.41, 5.74) is 0. The fourth-order valence-electron chi connectivity index (χ4n) is 1.89. The molecule has 1 heterocycles. The molecule has 1 fully saturated rings. The van der Waals surface area contributed by atoms with Gasteiger partial charge in [-0.25, -0.2) is 8.42 Å². The lowest BCUT2D eigenvalue weighted by Crippen LogP contribution is -2.27. The number of carbonyl (C=O) groups is 1. The van der Waals surface area contributed by atoms with Crippen LogP contribution < -0.4 is 5.32 Å². The molecule has 19 heavy (non-hydrogen) atoms. The van der Waals surface area contributed by atoms with E-state index in [9.17, 15) is 13.2 Å². The monoisotopic (exact) mass is 369 g/mol. The minimum absolute atomic E-state index is 0.0633. The zero-order chi connectivity index (χ0) is 14.0. The van der Waals surface area contributed by atoms with Gasteiger partial charge in [0, 0.05) is 23.3 Å². The summed E-state index contributed by atoms with van der Waals surface area (Å²) in [7, 11) is 1.28. The van der Waals surface area contributed by atoms with E-state index in [0.29, 0.717) is 12.5 Å². The van der Waals surface area contributed by atoms with Crippen LogP contribution in [0.1, 0.15) is 36.2 Å². The maximum absolute atomic E-state index is 11.8. The molecule has 0 aliphatic heterocycles. The predicted octanol–water partition coefficient (Wildman–Crippen LogP) is 2.89. The summed E-state index contributed by atoms with van der Waals surface area (Å²) in [6.45, 7) is 0.560. The van der Waals surface area contributed by atoms with E-state index in [0.717, 1.165) is 12.5 Å². The van der Waals surface area contributed by atoms with Crippen LogP contribution in [0.5, 0.6) is 0 Å². The lowest BCUT2D eigenvalue weighted by Gasteiger charge is -2.24. The van der Waals surface area contributed by atoms with Gasteiger partial charge in [0.1, 0.15) is 4.90 Å². The van der Waals surface area contributed by atoms with Crippen LogP contribution in [-0.4, -0.2) is 20.9 Å². The van der Waals surface area contributed by atoms with Gasteiger partial charge in [-0.3, -0.25) is 4.79 Å². The van der Waals surface area contributed by atoms with Gasteiger partial charge in [0.05, 0.1) is 0 Å². The van der Waals surface area contributed by atoms with Crippen molar-refractivity contribution in [3.63, 3.8) is 0 Å². The van der Waals surface area contributed by atoms with E-state index in [-0.39, 0.29) is 15.3 Å². The van der Waals surface area contributed by atoms with Crippen molar-refractivity contribution in [3.05, 3.63) is 16.5 Å². The van der Waals surface area contributed by atoms with Gasteiger partial charge in [0.25, 0.3) is 15.0 Å². The number of halogens is 2. The highest BCUT2D eigenvalue weighted by molar-refractivity contribution is 9.10. The van der Waals surface area contributed by atoms with E-state index >= 15 is 0 Å². The van der Waals surface area contributed by atoms with E-state index in [1.165, 1.54) is 19.3 Å². The number of carbonyl (C=O) groups excluding carboxylic acids is 1. The zero-order valence-corrected chi connectivity index (χ0v) is 13.1. The summed E-state index contributed by atoms with van der Waals surface area (Å²) in [4.78, 5) is 11.5. The first-order valence-corrected chi connectivity index (χ1v) is 9.00. The Morgan fingerprint density at radius 2 is 2.21 bits per heavy atom. The van der Waals surface area contributed by atoms with Crippen LogP contribution in [0.15, 0.2) is 20.0 Å². The second-order valence-electron chi connectivity index (χ2n) is 4.53. The Morgan fingerprint density at radius 1 is 1.53 bits per heavy atom. The first-order chi connectivity index (χ1) is 8.88. The molecule has 2 rings (SSSR count). The molecule has 106 valence electrons. The molecule has 0 unspecified atom stereocenters. The number of furan rings is 1. The van der Waals surface area contributed by atoms with Gasteiger partial charge in [-0.15, -0.1) is 0 Å². The summed E-state index contributed by atoms with van der Waals surface area (Å²) in [6.07, 6.45) is 4.64. The van der Waals surface area contributed by atoms with Crippen LogP contribution in [0, 0.1) is 5.92 Å². The summed E-state index contributed by atoms with van der Waals surface area (Å²) < 4.78 is 27.3. The molecular formula is C11H13BrClNO4S. The molecule has 1 saturated carbocycles. The third kappa shape index (κ3) is 3.73. The Balaban J connectivity index is 1.95. The quantitative estimate of drug-likeness (QED) is 0.809. The Kier molecular flexibility index (Phi) is 4.58. The lowest BCUT2D eigenvalue weighted by atomic mass is 9.83. The maximum atomic E-state index is 11.8. The fourth-order valence-corrected chi connectivity index (χ4v) is 3.92. The Hall–Kier alpha value is -0.530. The highest BCUT2D eigenvalue weighted by Gasteiger charge is 2.23. The van der Waals surface area contributed by atoms with Gasteiger partial charge in [0.2, 0.25) is 0 Å². The van der Waals surface area contributed by atoms with Crippen molar-refractivity contribution in [2.75, 3.05) is 6.54 Å². The molecule has 1 N–H and O–H groups in total. The number of nitrogens with one attached hydrogen (secondary N) is 1. The first kappa shape index (κ1) is 14.9. The van der Waals surface area contributed by atoms with Crippen LogP contribution >= 0.6 is 26.6 Å². The highest BCUT2D eigenvalue weighted by atomic mass is 79.9. The molecule has 1 aliphatic rings. The number of rotatable bonds is 5. The van der Waals surface area contributed by atoms with Gasteiger partial charge in [-0.05, 0) is 28.3 Å². The molecule has 1 amide bonds. The van der Waals surface area contributed by atoms with Gasteiger partial charge < -0.3 is 9.73 Å². The molecule has 0 aromatic carbocycles. The standard InChI is InChI=1S/C11H13BrClNO4S/c12-10-9(19(13,16)17)6-8(18-10)11(15)14-5-4-7-2-1-3-7/h6-7H,1-5H2,(H,14,15). The van der Waals surface area contributed by atoms with Crippen LogP contribution in [0.4, 0.5) is 0 Å². The van der Waals surface area contributed by atoms with E-state index in [2.05, 4.69) is 21.2 Å². The van der Waals surface area contributed by atoms with E-state index in [1.54, 1.807) is 0 Å². The number of hydrogen-bond donors (Lipinski definition) is 1. The first-order valence-electron chi connectivity index (χ1n) is 5.90. The molecular weight excluding hydrogens is 358 g/mol. The molecule has 1 aliphatic carbocycles. The van der Waals surface area contributed by atoms with E-state index in [1.807, 2.05) is 0 Å². The molecule has 0 saturated heterocycles. The normalized spacial score (nSPS) is 16.1. The number of hydrogen-bond acceptors (Lipinski definition) is 4. The summed E-state index contributed by atoms with van der Waals surface area (Å²) in [5, 5.41) is 2.70. The van der Waals surface area contributed by atoms with Gasteiger partial charge in [-0.1, -0.05) is 19.3 Å². The minimum Gasteiger partial charge on any atom is -0.443 e. The van der Waals surface area contributed by atoms with Crippen molar-refractivity contribution in [2.45, 2.75) is 30.6 Å². The van der Waals surface area contributed by atoms with Crippen molar-refractivity contribution in [3.8, 4) is 0 Å². The lowest BCUT2D eigenvalue weighted by molar-refractivity contribution is 0.0920. The van der Waals surface area contributed by atoms with Gasteiger partial charge in [-0.2, -0.15) is 0 Å². The molecule has 8 heteroatoms. The number of amides is 1. The topological polar surface area (TPSA) is 76.4 Å². The smallest absolute Gasteiger partial charge is 0.287 e. The molecule has 0 radical (unpaired) electrons. The predicted molar refractivity (Wildman–Crippen MR) is 73.7 cm³/mol. The Labute approximate surface area is 124 Å². The van der Waals surface area contributed by atoms with Crippen molar-refractivity contribution >= 4 is 41.6 Å². The third-order valence-electron chi connectivity index (χ3n) is 3.20. The van der Waals surface area contributed by atoms with Crippen LogP contribution in [0.2, 0.25) is 0 Å². The minimum atomic E-state index is -3.92. The van der Waals surface area contributed by atoms with Crippen molar-refractivity contribution in [2.24, 2.45) is 5.92 Å². The maximum Gasteiger partial charge on any atom is 0.287 e. The summed E-state index contributed by atoms with van der Waals surface area (Å²) >= 11 is 2.92. The molecule has 1 aromatic rings. The van der Waals surface area contributed by atoms with Crippen molar-refractivity contribution in [1.29, 1.82) is 0 Å². The summed E-state index contributed by atoms with van der Waals surface area (Å²) in [5.74, 6) is 0.189. The van der Waals surface area contributed by atoms with E-state index in [4.69, 9.17) is 15.1 Å². The van der Waals surface area contributed by atoms with E-state index < -0.39 is 15.0 Å². The second kappa shape index (κ2) is 5.85. The van der Waals surface area contributed by atoms with Gasteiger partial charge in [0.15, 0.2) is 10.4 Å². The van der Waals surface area contributed by atoms with Crippen LogP contribution in [0.3, 0.4) is 0 Å². The largest absolute Gasteiger partial charge is 0.443 e. The molecule has 0 spiro atoms. The second-order valence-corrected chi connectivity index (χ2v) is 7.78.